The number of benzene rings is 1. The van der Waals surface area contributed by atoms with Gasteiger partial charge in [0.25, 0.3) is 0 Å². The average molecular weight is 294 g/mol. The van der Waals surface area contributed by atoms with Crippen LogP contribution in [0.15, 0.2) is 24.4 Å². The van der Waals surface area contributed by atoms with Crippen molar-refractivity contribution >= 4 is 12.2 Å². The zero-order chi connectivity index (χ0) is 14.9. The van der Waals surface area contributed by atoms with Crippen LogP contribution in [-0.2, 0) is 5.41 Å². The van der Waals surface area contributed by atoms with E-state index in [1.807, 2.05) is 23.8 Å². The number of nitrogens with zero attached hydrogens (tertiary/aromatic N) is 1. The predicted molar refractivity (Wildman–Crippen MR) is 80.8 cm³/mol. The average Bonchev–Trinajstić information content (AvgIpc) is 2.74. The van der Waals surface area contributed by atoms with Gasteiger partial charge >= 0.3 is 0 Å². The van der Waals surface area contributed by atoms with E-state index in [0.29, 0.717) is 17.1 Å². The van der Waals surface area contributed by atoms with E-state index in [9.17, 15) is 4.39 Å². The highest BCUT2D eigenvalue weighted by atomic mass is 32.1. The summed E-state index contributed by atoms with van der Waals surface area (Å²) in [6.07, 6.45) is 1.87. The second-order valence-electron chi connectivity index (χ2n) is 5.61. The van der Waals surface area contributed by atoms with Gasteiger partial charge in [-0.2, -0.15) is 0 Å². The van der Waals surface area contributed by atoms with Gasteiger partial charge in [-0.3, -0.25) is 4.57 Å². The fourth-order valence-corrected chi connectivity index (χ4v) is 2.34. The molecule has 0 aliphatic rings. The molecule has 0 saturated carbocycles. The number of imidazole rings is 1. The minimum Gasteiger partial charge on any atom is -0.491 e. The van der Waals surface area contributed by atoms with Gasteiger partial charge in [-0.15, -0.1) is 0 Å². The Hall–Kier alpha value is -1.62. The van der Waals surface area contributed by atoms with Crippen LogP contribution in [0.5, 0.6) is 5.75 Å². The predicted octanol–water partition coefficient (Wildman–Crippen LogP) is 4.37. The molecule has 5 heteroatoms. The Kier molecular flexibility index (Phi) is 3.99. The highest BCUT2D eigenvalue weighted by Crippen LogP contribution is 2.27. The van der Waals surface area contributed by atoms with Crippen LogP contribution in [0.4, 0.5) is 4.39 Å². The molecule has 0 bridgehead atoms. The van der Waals surface area contributed by atoms with E-state index in [1.165, 1.54) is 6.07 Å². The maximum atomic E-state index is 14.0. The number of aromatic amines is 1. The summed E-state index contributed by atoms with van der Waals surface area (Å²) in [5.41, 5.74) is 1.61. The van der Waals surface area contributed by atoms with Crippen molar-refractivity contribution < 1.29 is 9.13 Å². The summed E-state index contributed by atoms with van der Waals surface area (Å²) in [5.74, 6) is -0.122. The lowest BCUT2D eigenvalue weighted by atomic mass is 9.92. The molecule has 1 heterocycles. The lowest BCUT2D eigenvalue weighted by molar-refractivity contribution is 0.321. The first-order chi connectivity index (χ1) is 9.34. The molecule has 108 valence electrons. The first-order valence-electron chi connectivity index (χ1n) is 6.58. The van der Waals surface area contributed by atoms with Gasteiger partial charge in [0.15, 0.2) is 16.3 Å². The van der Waals surface area contributed by atoms with E-state index in [1.54, 1.807) is 6.07 Å². The van der Waals surface area contributed by atoms with Crippen molar-refractivity contribution in [1.29, 1.82) is 0 Å². The van der Waals surface area contributed by atoms with Gasteiger partial charge in [-0.1, -0.05) is 20.8 Å². The lowest BCUT2D eigenvalue weighted by Gasteiger charge is -2.21. The van der Waals surface area contributed by atoms with Crippen molar-refractivity contribution in [3.05, 3.63) is 40.7 Å². The maximum Gasteiger partial charge on any atom is 0.182 e. The fourth-order valence-electron chi connectivity index (χ4n) is 2.08. The second kappa shape index (κ2) is 5.40. The molecular formula is C15H19FN2OS. The number of ether oxygens (including phenoxy) is 1. The van der Waals surface area contributed by atoms with Crippen LogP contribution in [0.25, 0.3) is 5.69 Å². The van der Waals surface area contributed by atoms with E-state index >= 15 is 0 Å². The van der Waals surface area contributed by atoms with Crippen molar-refractivity contribution in [3.8, 4) is 11.4 Å². The standard InChI is InChI=1S/C15H19FN2OS/c1-5-19-12-7-6-10(8-11(12)16)18-13(15(2,3)4)9-17-14(18)20/h6-9H,5H2,1-4H3,(H,17,20). The number of rotatable bonds is 3. The summed E-state index contributed by atoms with van der Waals surface area (Å²) in [7, 11) is 0. The minimum absolute atomic E-state index is 0.0946. The topological polar surface area (TPSA) is 29.9 Å². The third-order valence-corrected chi connectivity index (χ3v) is 3.32. The van der Waals surface area contributed by atoms with Gasteiger partial charge < -0.3 is 9.72 Å². The number of aromatic nitrogens is 2. The van der Waals surface area contributed by atoms with Crippen LogP contribution in [-0.4, -0.2) is 16.2 Å². The monoisotopic (exact) mass is 294 g/mol. The molecular weight excluding hydrogens is 275 g/mol. The van der Waals surface area contributed by atoms with Crippen LogP contribution in [0.2, 0.25) is 0 Å². The van der Waals surface area contributed by atoms with Crippen molar-refractivity contribution in [2.45, 2.75) is 33.1 Å². The Labute approximate surface area is 123 Å². The quantitative estimate of drug-likeness (QED) is 0.852. The molecule has 0 radical (unpaired) electrons. The molecule has 3 nitrogen and oxygen atoms in total. The molecule has 0 aliphatic carbocycles. The van der Waals surface area contributed by atoms with Gasteiger partial charge in [-0.05, 0) is 31.3 Å². The zero-order valence-electron chi connectivity index (χ0n) is 12.2. The molecule has 1 aromatic carbocycles. The van der Waals surface area contributed by atoms with E-state index in [0.717, 1.165) is 5.69 Å². The normalized spacial score (nSPS) is 11.7. The van der Waals surface area contributed by atoms with E-state index in [-0.39, 0.29) is 17.0 Å². The summed E-state index contributed by atoms with van der Waals surface area (Å²) < 4.78 is 21.6. The van der Waals surface area contributed by atoms with Gasteiger partial charge in [0, 0.05) is 23.4 Å². The van der Waals surface area contributed by atoms with E-state index < -0.39 is 0 Å². The number of hydrogen-bond donors (Lipinski definition) is 1. The van der Waals surface area contributed by atoms with Crippen molar-refractivity contribution in [3.63, 3.8) is 0 Å². The molecule has 2 rings (SSSR count). The molecule has 0 spiro atoms. The molecule has 0 saturated heterocycles. The smallest absolute Gasteiger partial charge is 0.182 e. The molecule has 1 aromatic heterocycles. The third-order valence-electron chi connectivity index (χ3n) is 3.02. The highest BCUT2D eigenvalue weighted by molar-refractivity contribution is 7.71. The molecule has 0 amide bonds. The van der Waals surface area contributed by atoms with Gasteiger partial charge in [-0.25, -0.2) is 4.39 Å². The summed E-state index contributed by atoms with van der Waals surface area (Å²) >= 11 is 5.30. The molecule has 0 atom stereocenters. The Balaban J connectivity index is 2.55. The Morgan fingerprint density at radius 2 is 2.05 bits per heavy atom. The third kappa shape index (κ3) is 2.77. The van der Waals surface area contributed by atoms with Crippen LogP contribution in [0.3, 0.4) is 0 Å². The number of halogens is 1. The molecule has 2 aromatic rings. The van der Waals surface area contributed by atoms with Gasteiger partial charge in [0.05, 0.1) is 12.3 Å². The fraction of sp³-hybridized carbons (Fsp3) is 0.400. The Bertz CT molecular complexity index is 667. The molecule has 0 unspecified atom stereocenters. The van der Waals surface area contributed by atoms with Gasteiger partial charge in [0.2, 0.25) is 0 Å². The Morgan fingerprint density at radius 1 is 1.35 bits per heavy atom. The van der Waals surface area contributed by atoms with Gasteiger partial charge in [0.1, 0.15) is 0 Å². The summed E-state index contributed by atoms with van der Waals surface area (Å²) in [6, 6.07) is 4.90. The highest BCUT2D eigenvalue weighted by Gasteiger charge is 2.20. The largest absolute Gasteiger partial charge is 0.491 e. The Morgan fingerprint density at radius 3 is 2.60 bits per heavy atom. The molecule has 1 N–H and O–H groups in total. The maximum absolute atomic E-state index is 14.0. The molecule has 0 aliphatic heterocycles. The minimum atomic E-state index is -0.382. The van der Waals surface area contributed by atoms with Crippen molar-refractivity contribution in [1.82, 2.24) is 9.55 Å². The zero-order valence-corrected chi connectivity index (χ0v) is 13.0. The number of hydrogen-bond acceptors (Lipinski definition) is 2. The van der Waals surface area contributed by atoms with Crippen molar-refractivity contribution in [2.75, 3.05) is 6.61 Å². The number of H-pyrrole nitrogens is 1. The van der Waals surface area contributed by atoms with Crippen LogP contribution in [0, 0.1) is 10.6 Å². The lowest BCUT2D eigenvalue weighted by Crippen LogP contribution is -2.16. The molecule has 20 heavy (non-hydrogen) atoms. The van der Waals surface area contributed by atoms with E-state index in [2.05, 4.69) is 25.8 Å². The van der Waals surface area contributed by atoms with E-state index in [4.69, 9.17) is 17.0 Å². The second-order valence-corrected chi connectivity index (χ2v) is 6.00. The van der Waals surface area contributed by atoms with Crippen LogP contribution < -0.4 is 4.74 Å². The van der Waals surface area contributed by atoms with Crippen LogP contribution >= 0.6 is 12.2 Å². The SMILES string of the molecule is CCOc1ccc(-n2c(C(C)(C)C)c[nH]c2=S)cc1F. The number of nitrogens with one attached hydrogen (secondary N) is 1. The first-order valence-corrected chi connectivity index (χ1v) is 6.99. The van der Waals surface area contributed by atoms with Crippen molar-refractivity contribution in [2.24, 2.45) is 0 Å². The summed E-state index contributed by atoms with van der Waals surface area (Å²) in [4.78, 5) is 3.03. The summed E-state index contributed by atoms with van der Waals surface area (Å²) in [6.45, 7) is 8.53. The first kappa shape index (κ1) is 14.8. The molecule has 0 fully saturated rings. The van der Waals surface area contributed by atoms with Crippen LogP contribution in [0.1, 0.15) is 33.4 Å². The summed E-state index contributed by atoms with van der Waals surface area (Å²) in [5, 5.41) is 0.